The van der Waals surface area contributed by atoms with Gasteiger partial charge in [-0.2, -0.15) is 0 Å². The maximum absolute atomic E-state index is 13.0. The highest BCUT2D eigenvalue weighted by molar-refractivity contribution is 7.18. The molecule has 3 aromatic heterocycles. The first kappa shape index (κ1) is 22.3. The number of hydrogen-bond donors (Lipinski definition) is 2. The Labute approximate surface area is 204 Å². The van der Waals surface area contributed by atoms with Gasteiger partial charge in [0.25, 0.3) is 5.91 Å². The summed E-state index contributed by atoms with van der Waals surface area (Å²) in [6.45, 7) is 0. The molecule has 35 heavy (non-hydrogen) atoms. The number of amides is 1. The Morgan fingerprint density at radius 3 is 2.83 bits per heavy atom. The number of aromatic nitrogens is 3. The van der Waals surface area contributed by atoms with E-state index >= 15 is 0 Å². The molecule has 0 unspecified atom stereocenters. The highest BCUT2D eigenvalue weighted by atomic mass is 32.1. The number of allylic oxidation sites excluding steroid dienone is 1. The standard InChI is InChI=1S/C26H21N5O3S/c1-31-20-8-4-3-7-18(20)29-25(31)26(33)30-19-10-9-15(12-21(19)34-2)17-14-35-23-16(6-5-11-32)13-28-24(27)22(17)23/h3-14H,1-2H3,(H2,27,28)(H,30,33)/b6-5+. The van der Waals surface area contributed by atoms with E-state index in [9.17, 15) is 9.59 Å². The number of aryl methyl sites for hydroxylation is 1. The topological polar surface area (TPSA) is 112 Å². The highest BCUT2D eigenvalue weighted by Crippen LogP contribution is 2.41. The smallest absolute Gasteiger partial charge is 0.291 e. The van der Waals surface area contributed by atoms with Crippen LogP contribution < -0.4 is 15.8 Å². The fourth-order valence-corrected chi connectivity index (χ4v) is 5.13. The quantitative estimate of drug-likeness (QED) is 0.262. The van der Waals surface area contributed by atoms with Crippen molar-refractivity contribution in [1.82, 2.24) is 14.5 Å². The molecule has 0 saturated heterocycles. The molecule has 5 aromatic rings. The summed E-state index contributed by atoms with van der Waals surface area (Å²) in [6, 6.07) is 13.1. The maximum atomic E-state index is 13.0. The van der Waals surface area contributed by atoms with Crippen molar-refractivity contribution in [2.24, 2.45) is 7.05 Å². The molecule has 0 radical (unpaired) electrons. The van der Waals surface area contributed by atoms with Crippen molar-refractivity contribution >= 4 is 62.2 Å². The molecule has 9 heteroatoms. The van der Waals surface area contributed by atoms with Crippen LogP contribution >= 0.6 is 11.3 Å². The highest BCUT2D eigenvalue weighted by Gasteiger charge is 2.19. The molecule has 0 atom stereocenters. The zero-order chi connectivity index (χ0) is 24.5. The molecule has 5 rings (SSSR count). The molecule has 8 nitrogen and oxygen atoms in total. The molecule has 2 aromatic carbocycles. The number of para-hydroxylation sites is 2. The van der Waals surface area contributed by atoms with Gasteiger partial charge in [-0.25, -0.2) is 9.97 Å². The second kappa shape index (κ2) is 9.03. The van der Waals surface area contributed by atoms with Crippen LogP contribution in [0.15, 0.2) is 60.1 Å². The predicted molar refractivity (Wildman–Crippen MR) is 140 cm³/mol. The van der Waals surface area contributed by atoms with E-state index in [1.165, 1.54) is 17.4 Å². The van der Waals surface area contributed by atoms with Crippen LogP contribution in [0.3, 0.4) is 0 Å². The number of benzene rings is 2. The lowest BCUT2D eigenvalue weighted by molar-refractivity contribution is -0.104. The molecular formula is C26H21N5O3S. The number of carbonyl (C=O) groups excluding carboxylic acids is 2. The van der Waals surface area contributed by atoms with Crippen LogP contribution in [-0.4, -0.2) is 33.8 Å². The number of nitrogen functional groups attached to an aromatic ring is 1. The van der Waals surface area contributed by atoms with Crippen LogP contribution in [0.5, 0.6) is 5.75 Å². The van der Waals surface area contributed by atoms with E-state index < -0.39 is 0 Å². The van der Waals surface area contributed by atoms with Crippen LogP contribution in [0.2, 0.25) is 0 Å². The van der Waals surface area contributed by atoms with Gasteiger partial charge in [0.1, 0.15) is 17.9 Å². The van der Waals surface area contributed by atoms with Crippen molar-refractivity contribution in [2.75, 3.05) is 18.2 Å². The number of nitrogens with two attached hydrogens (primary N) is 1. The van der Waals surface area contributed by atoms with Crippen molar-refractivity contribution in [3.05, 3.63) is 71.5 Å². The number of nitrogens with one attached hydrogen (secondary N) is 1. The number of pyridine rings is 1. The van der Waals surface area contributed by atoms with Crippen molar-refractivity contribution in [1.29, 1.82) is 0 Å². The van der Waals surface area contributed by atoms with Gasteiger partial charge in [0.15, 0.2) is 5.82 Å². The van der Waals surface area contributed by atoms with E-state index in [0.717, 1.165) is 44.1 Å². The summed E-state index contributed by atoms with van der Waals surface area (Å²) >= 11 is 1.52. The molecule has 0 bridgehead atoms. The third-order valence-electron chi connectivity index (χ3n) is 5.76. The van der Waals surface area contributed by atoms with Crippen LogP contribution in [0.25, 0.3) is 38.3 Å². The molecule has 3 heterocycles. The minimum absolute atomic E-state index is 0.302. The van der Waals surface area contributed by atoms with Gasteiger partial charge in [0, 0.05) is 34.5 Å². The average Bonchev–Trinajstić information content (AvgIpc) is 3.47. The number of anilines is 2. The number of hydrogen-bond acceptors (Lipinski definition) is 7. The lowest BCUT2D eigenvalue weighted by Gasteiger charge is -2.12. The Bertz CT molecular complexity index is 1630. The second-order valence-corrected chi connectivity index (χ2v) is 8.68. The predicted octanol–water partition coefficient (Wildman–Crippen LogP) is 4.91. The fraction of sp³-hybridized carbons (Fsp3) is 0.0769. The van der Waals surface area contributed by atoms with E-state index in [1.54, 1.807) is 30.0 Å². The number of rotatable bonds is 6. The molecule has 0 aliphatic carbocycles. The maximum Gasteiger partial charge on any atom is 0.291 e. The molecule has 3 N–H and O–H groups in total. The number of fused-ring (bicyclic) bond motifs is 2. The second-order valence-electron chi connectivity index (χ2n) is 7.80. The van der Waals surface area contributed by atoms with Gasteiger partial charge in [-0.05, 0) is 47.4 Å². The third kappa shape index (κ3) is 3.91. The minimum atomic E-state index is -0.337. The van der Waals surface area contributed by atoms with Gasteiger partial charge >= 0.3 is 0 Å². The van der Waals surface area contributed by atoms with Gasteiger partial charge in [-0.15, -0.1) is 11.3 Å². The van der Waals surface area contributed by atoms with Gasteiger partial charge in [-0.3, -0.25) is 9.59 Å². The van der Waals surface area contributed by atoms with E-state index in [-0.39, 0.29) is 5.91 Å². The van der Waals surface area contributed by atoms with Crippen LogP contribution in [0.1, 0.15) is 16.2 Å². The van der Waals surface area contributed by atoms with E-state index in [4.69, 9.17) is 10.5 Å². The molecule has 1 amide bonds. The summed E-state index contributed by atoms with van der Waals surface area (Å²) in [7, 11) is 3.36. The number of ether oxygens (including phenoxy) is 1. The average molecular weight is 484 g/mol. The van der Waals surface area contributed by atoms with E-state index in [1.807, 2.05) is 48.8 Å². The lowest BCUT2D eigenvalue weighted by Crippen LogP contribution is -2.17. The number of imidazole rings is 1. The van der Waals surface area contributed by atoms with Gasteiger partial charge in [0.2, 0.25) is 0 Å². The normalized spacial score (nSPS) is 11.4. The summed E-state index contributed by atoms with van der Waals surface area (Å²) < 4.78 is 8.29. The summed E-state index contributed by atoms with van der Waals surface area (Å²) in [5.41, 5.74) is 10.9. The number of nitrogens with zero attached hydrogens (tertiary/aromatic N) is 3. The van der Waals surface area contributed by atoms with Crippen LogP contribution in [-0.2, 0) is 11.8 Å². The Kier molecular flexibility index (Phi) is 5.76. The largest absolute Gasteiger partial charge is 0.495 e. The zero-order valence-electron chi connectivity index (χ0n) is 19.0. The van der Waals surface area contributed by atoms with Crippen molar-refractivity contribution < 1.29 is 14.3 Å². The summed E-state index contributed by atoms with van der Waals surface area (Å²) in [5, 5.41) is 5.71. The summed E-state index contributed by atoms with van der Waals surface area (Å²) in [6.07, 6.45) is 5.51. The number of aldehydes is 1. The Morgan fingerprint density at radius 1 is 1.23 bits per heavy atom. The van der Waals surface area contributed by atoms with Crippen molar-refractivity contribution in [3.63, 3.8) is 0 Å². The van der Waals surface area contributed by atoms with Crippen LogP contribution in [0.4, 0.5) is 11.5 Å². The fourth-order valence-electron chi connectivity index (χ4n) is 4.05. The van der Waals surface area contributed by atoms with Crippen molar-refractivity contribution in [2.45, 2.75) is 0 Å². The Hall–Kier alpha value is -4.50. The molecule has 174 valence electrons. The van der Waals surface area contributed by atoms with Crippen LogP contribution in [0, 0.1) is 0 Å². The monoisotopic (exact) mass is 483 g/mol. The zero-order valence-corrected chi connectivity index (χ0v) is 19.8. The van der Waals surface area contributed by atoms with E-state index in [2.05, 4.69) is 15.3 Å². The molecule has 0 fully saturated rings. The third-order valence-corrected chi connectivity index (χ3v) is 6.79. The molecular weight excluding hydrogens is 462 g/mol. The summed E-state index contributed by atoms with van der Waals surface area (Å²) in [5.74, 6) is 0.863. The lowest BCUT2D eigenvalue weighted by atomic mass is 10.0. The number of methoxy groups -OCH3 is 1. The van der Waals surface area contributed by atoms with E-state index in [0.29, 0.717) is 23.1 Å². The Balaban J connectivity index is 1.51. The first-order valence-corrected chi connectivity index (χ1v) is 11.6. The van der Waals surface area contributed by atoms with Gasteiger partial charge in [0.05, 0.1) is 23.8 Å². The van der Waals surface area contributed by atoms with Gasteiger partial charge < -0.3 is 20.4 Å². The van der Waals surface area contributed by atoms with Crippen molar-refractivity contribution in [3.8, 4) is 16.9 Å². The molecule has 0 spiro atoms. The molecule has 0 aliphatic rings. The minimum Gasteiger partial charge on any atom is -0.495 e. The summed E-state index contributed by atoms with van der Waals surface area (Å²) in [4.78, 5) is 32.5. The Morgan fingerprint density at radius 2 is 2.06 bits per heavy atom. The van der Waals surface area contributed by atoms with Gasteiger partial charge in [-0.1, -0.05) is 18.2 Å². The first-order valence-electron chi connectivity index (χ1n) is 10.7. The molecule has 0 saturated carbocycles. The number of carbonyl (C=O) groups is 2. The number of thiophene rings is 1. The first-order chi connectivity index (χ1) is 17.0. The SMILES string of the molecule is COc1cc(-c2csc3c(/C=C/C=O)cnc(N)c23)ccc1NC(=O)c1nc2ccccc2n1C. The molecule has 0 aliphatic heterocycles.